The number of fused-ring (bicyclic) bond motifs is 2. The molecule has 2 aromatic carbocycles. The number of rotatable bonds is 5. The molecule has 160 valence electrons. The van der Waals surface area contributed by atoms with Crippen LogP contribution in [-0.2, 0) is 12.7 Å². The number of nitrogens with one attached hydrogen (secondary N) is 3. The average Bonchev–Trinajstić information content (AvgIpc) is 3.21. The van der Waals surface area contributed by atoms with Crippen molar-refractivity contribution in [3.05, 3.63) is 78.2 Å². The monoisotopic (exact) mass is 435 g/mol. The van der Waals surface area contributed by atoms with Crippen LogP contribution in [0, 0.1) is 0 Å². The number of benzene rings is 2. The van der Waals surface area contributed by atoms with Crippen molar-refractivity contribution in [1.82, 2.24) is 24.9 Å². The van der Waals surface area contributed by atoms with Gasteiger partial charge in [-0.3, -0.25) is 0 Å². The minimum absolute atomic E-state index is 0.155. The highest BCUT2D eigenvalue weighted by atomic mass is 19.4. The van der Waals surface area contributed by atoms with Crippen molar-refractivity contribution in [3.63, 3.8) is 0 Å². The molecule has 0 atom stereocenters. The third-order valence-corrected chi connectivity index (χ3v) is 4.91. The molecule has 0 aliphatic rings. The lowest BCUT2D eigenvalue weighted by molar-refractivity contribution is -0.137. The summed E-state index contributed by atoms with van der Waals surface area (Å²) in [4.78, 5) is 20.3. The largest absolute Gasteiger partial charge is 0.416 e. The van der Waals surface area contributed by atoms with E-state index in [2.05, 4.69) is 35.6 Å². The molecule has 0 saturated carbocycles. The van der Waals surface area contributed by atoms with E-state index in [0.29, 0.717) is 34.3 Å². The SMILES string of the molecule is FC(F)(F)c1cccc(CNc2ncnc3nc(Nc4nccc5ccccc45)[nH]c23)c1. The van der Waals surface area contributed by atoms with E-state index in [4.69, 9.17) is 0 Å². The summed E-state index contributed by atoms with van der Waals surface area (Å²) < 4.78 is 38.9. The number of anilines is 3. The van der Waals surface area contributed by atoms with E-state index in [1.807, 2.05) is 30.3 Å². The molecule has 3 heterocycles. The van der Waals surface area contributed by atoms with Crippen LogP contribution in [0.1, 0.15) is 11.1 Å². The number of pyridine rings is 1. The summed E-state index contributed by atoms with van der Waals surface area (Å²) in [7, 11) is 0. The fraction of sp³-hybridized carbons (Fsp3) is 0.0909. The molecule has 0 aliphatic heterocycles. The third-order valence-electron chi connectivity index (χ3n) is 4.91. The van der Waals surface area contributed by atoms with Crippen LogP contribution in [0.3, 0.4) is 0 Å². The summed E-state index contributed by atoms with van der Waals surface area (Å²) in [6.45, 7) is 0.155. The van der Waals surface area contributed by atoms with Crippen LogP contribution in [0.15, 0.2) is 67.1 Å². The second-order valence-corrected chi connectivity index (χ2v) is 7.06. The third kappa shape index (κ3) is 3.89. The van der Waals surface area contributed by atoms with Gasteiger partial charge in [0.05, 0.1) is 5.56 Å². The second-order valence-electron chi connectivity index (χ2n) is 7.06. The standard InChI is InChI=1S/C22H16F3N7/c23-22(24,25)15-6-3-4-13(10-15)11-27-19-17-20(29-12-28-19)32-21(30-17)31-18-16-7-2-1-5-14(16)8-9-26-18/h1-10,12H,11H2,(H3,26,27,28,29,30,31,32). The summed E-state index contributed by atoms with van der Waals surface area (Å²) in [5, 5.41) is 8.19. The minimum atomic E-state index is -4.39. The Labute approximate surface area is 179 Å². The first-order valence-corrected chi connectivity index (χ1v) is 9.69. The molecule has 3 N–H and O–H groups in total. The van der Waals surface area contributed by atoms with Gasteiger partial charge in [0.15, 0.2) is 11.5 Å². The van der Waals surface area contributed by atoms with Gasteiger partial charge in [-0.25, -0.2) is 15.0 Å². The van der Waals surface area contributed by atoms with Gasteiger partial charge >= 0.3 is 6.18 Å². The molecule has 5 aromatic rings. The van der Waals surface area contributed by atoms with Gasteiger partial charge in [0.25, 0.3) is 0 Å². The van der Waals surface area contributed by atoms with Crippen molar-refractivity contribution in [2.24, 2.45) is 0 Å². The Morgan fingerprint density at radius 3 is 2.66 bits per heavy atom. The van der Waals surface area contributed by atoms with Gasteiger partial charge in [-0.2, -0.15) is 18.2 Å². The highest BCUT2D eigenvalue weighted by Gasteiger charge is 2.30. The minimum Gasteiger partial charge on any atom is -0.364 e. The van der Waals surface area contributed by atoms with E-state index in [9.17, 15) is 13.2 Å². The Hall–Kier alpha value is -4.21. The molecule has 0 bridgehead atoms. The topological polar surface area (TPSA) is 91.4 Å². The van der Waals surface area contributed by atoms with Gasteiger partial charge in [0.1, 0.15) is 17.7 Å². The van der Waals surface area contributed by atoms with Gasteiger partial charge < -0.3 is 15.6 Å². The maximum Gasteiger partial charge on any atom is 0.416 e. The van der Waals surface area contributed by atoms with E-state index in [1.165, 1.54) is 12.4 Å². The fourth-order valence-corrected chi connectivity index (χ4v) is 3.40. The van der Waals surface area contributed by atoms with Gasteiger partial charge in [-0.05, 0) is 29.1 Å². The predicted octanol–water partition coefficient (Wildman–Crippen LogP) is 5.28. The van der Waals surface area contributed by atoms with Crippen molar-refractivity contribution in [3.8, 4) is 0 Å². The zero-order chi connectivity index (χ0) is 22.1. The first-order valence-electron chi connectivity index (χ1n) is 9.69. The normalized spacial score (nSPS) is 11.7. The first kappa shape index (κ1) is 19.7. The lowest BCUT2D eigenvalue weighted by Gasteiger charge is -2.10. The summed E-state index contributed by atoms with van der Waals surface area (Å²) in [5.74, 6) is 1.49. The fourth-order valence-electron chi connectivity index (χ4n) is 3.40. The van der Waals surface area contributed by atoms with Gasteiger partial charge in [0, 0.05) is 18.1 Å². The molecule has 0 aliphatic carbocycles. The Bertz CT molecular complexity index is 1410. The van der Waals surface area contributed by atoms with Gasteiger partial charge in [-0.15, -0.1) is 0 Å². The van der Waals surface area contributed by atoms with Crippen LogP contribution < -0.4 is 10.6 Å². The summed E-state index contributed by atoms with van der Waals surface area (Å²) in [6.07, 6.45) is -1.34. The van der Waals surface area contributed by atoms with Crippen LogP contribution in [0.2, 0.25) is 0 Å². The molecule has 0 unspecified atom stereocenters. The molecular weight excluding hydrogens is 419 g/mol. The van der Waals surface area contributed by atoms with E-state index < -0.39 is 11.7 Å². The molecule has 0 fully saturated rings. The summed E-state index contributed by atoms with van der Waals surface area (Å²) >= 11 is 0. The number of H-pyrrole nitrogens is 1. The Balaban J connectivity index is 1.40. The van der Waals surface area contributed by atoms with Crippen molar-refractivity contribution in [2.45, 2.75) is 12.7 Å². The molecule has 0 amide bonds. The number of hydrogen-bond acceptors (Lipinski definition) is 6. The van der Waals surface area contributed by atoms with Crippen molar-refractivity contribution in [2.75, 3.05) is 10.6 Å². The second kappa shape index (κ2) is 7.80. The molecule has 10 heteroatoms. The lowest BCUT2D eigenvalue weighted by Crippen LogP contribution is -2.07. The first-order chi connectivity index (χ1) is 15.5. The Morgan fingerprint density at radius 2 is 1.78 bits per heavy atom. The highest BCUT2D eigenvalue weighted by Crippen LogP contribution is 2.30. The van der Waals surface area contributed by atoms with Crippen molar-refractivity contribution in [1.29, 1.82) is 0 Å². The number of nitrogens with zero attached hydrogens (tertiary/aromatic N) is 4. The maximum absolute atomic E-state index is 13.0. The number of aromatic amines is 1. The lowest BCUT2D eigenvalue weighted by atomic mass is 10.1. The summed E-state index contributed by atoms with van der Waals surface area (Å²) in [6, 6.07) is 14.9. The van der Waals surface area contributed by atoms with Gasteiger partial charge in [0.2, 0.25) is 5.95 Å². The Morgan fingerprint density at radius 1 is 0.906 bits per heavy atom. The van der Waals surface area contributed by atoms with E-state index in [-0.39, 0.29) is 6.54 Å². The Kier molecular flexibility index (Phi) is 4.81. The van der Waals surface area contributed by atoms with E-state index in [0.717, 1.165) is 22.9 Å². The van der Waals surface area contributed by atoms with Gasteiger partial charge in [-0.1, -0.05) is 36.4 Å². The molecule has 5 rings (SSSR count). The molecule has 32 heavy (non-hydrogen) atoms. The zero-order valence-corrected chi connectivity index (χ0v) is 16.5. The van der Waals surface area contributed by atoms with Crippen LogP contribution >= 0.6 is 0 Å². The number of hydrogen-bond donors (Lipinski definition) is 3. The van der Waals surface area contributed by atoms with Crippen molar-refractivity contribution < 1.29 is 13.2 Å². The number of alkyl halides is 3. The molecule has 3 aromatic heterocycles. The van der Waals surface area contributed by atoms with Crippen LogP contribution in [0.4, 0.5) is 30.8 Å². The molecule has 7 nitrogen and oxygen atoms in total. The van der Waals surface area contributed by atoms with E-state index in [1.54, 1.807) is 12.3 Å². The smallest absolute Gasteiger partial charge is 0.364 e. The maximum atomic E-state index is 13.0. The number of imidazole rings is 1. The zero-order valence-electron chi connectivity index (χ0n) is 16.5. The molecule has 0 spiro atoms. The summed E-state index contributed by atoms with van der Waals surface area (Å²) in [5.41, 5.74) is 0.723. The molecule has 0 radical (unpaired) electrons. The van der Waals surface area contributed by atoms with Crippen molar-refractivity contribution >= 4 is 39.5 Å². The van der Waals surface area contributed by atoms with Crippen LogP contribution in [-0.4, -0.2) is 24.9 Å². The predicted molar refractivity (Wildman–Crippen MR) is 115 cm³/mol. The quantitative estimate of drug-likeness (QED) is 0.348. The van der Waals surface area contributed by atoms with Crippen LogP contribution in [0.25, 0.3) is 21.9 Å². The highest BCUT2D eigenvalue weighted by molar-refractivity contribution is 5.93. The average molecular weight is 435 g/mol. The molecule has 0 saturated heterocycles. The number of halogens is 3. The molecular formula is C22H16F3N7. The van der Waals surface area contributed by atoms with E-state index >= 15 is 0 Å². The number of aromatic nitrogens is 5. The van der Waals surface area contributed by atoms with Crippen LogP contribution in [0.5, 0.6) is 0 Å².